The highest BCUT2D eigenvalue weighted by Gasteiger charge is 2.40. The number of nitrogens with one attached hydrogen (secondary N) is 2. The average molecular weight is 246 g/mol. The molecule has 0 saturated heterocycles. The first-order chi connectivity index (χ1) is 8.68. The second-order valence-electron chi connectivity index (χ2n) is 5.25. The third-order valence-corrected chi connectivity index (χ3v) is 3.85. The molecule has 0 heterocycles. The molecule has 1 aromatic rings. The molecular weight excluding hydrogens is 224 g/mol. The molecule has 0 spiro atoms. The quantitative estimate of drug-likeness (QED) is 0.834. The van der Waals surface area contributed by atoms with Crippen LogP contribution in [0.2, 0.25) is 0 Å². The molecule has 1 fully saturated rings. The summed E-state index contributed by atoms with van der Waals surface area (Å²) in [5, 5.41) is 6.30. The summed E-state index contributed by atoms with van der Waals surface area (Å²) < 4.78 is 0. The maximum Gasteiger partial charge on any atom is 0.224 e. The van der Waals surface area contributed by atoms with E-state index in [4.69, 9.17) is 0 Å². The van der Waals surface area contributed by atoms with E-state index in [9.17, 15) is 4.79 Å². The van der Waals surface area contributed by atoms with Crippen molar-refractivity contribution in [1.29, 1.82) is 0 Å². The number of carbonyl (C=O) groups is 1. The van der Waals surface area contributed by atoms with E-state index in [1.54, 1.807) is 0 Å². The molecule has 98 valence electrons. The maximum atomic E-state index is 12.2. The Morgan fingerprint density at radius 1 is 1.33 bits per heavy atom. The summed E-state index contributed by atoms with van der Waals surface area (Å²) >= 11 is 0. The molecule has 2 N–H and O–H groups in total. The van der Waals surface area contributed by atoms with Gasteiger partial charge in [0.25, 0.3) is 0 Å². The van der Waals surface area contributed by atoms with Crippen molar-refractivity contribution in [2.75, 3.05) is 13.6 Å². The zero-order chi connectivity index (χ0) is 13.0. The summed E-state index contributed by atoms with van der Waals surface area (Å²) in [5.41, 5.74) is 1.13. The van der Waals surface area contributed by atoms with Crippen LogP contribution in [-0.4, -0.2) is 19.5 Å². The smallest absolute Gasteiger partial charge is 0.224 e. The second kappa shape index (κ2) is 5.53. The van der Waals surface area contributed by atoms with Crippen LogP contribution in [0.25, 0.3) is 0 Å². The lowest BCUT2D eigenvalue weighted by Crippen LogP contribution is -2.53. The van der Waals surface area contributed by atoms with Gasteiger partial charge in [0.05, 0.1) is 5.54 Å². The standard InChI is InChI=1S/C15H22N2O/c1-12(11-16-2)14(18)17-15(9-6-10-15)13-7-4-3-5-8-13/h3-5,7-8,12,16H,6,9-11H2,1-2H3,(H,17,18). The van der Waals surface area contributed by atoms with Gasteiger partial charge in [-0.1, -0.05) is 37.3 Å². The first-order valence-corrected chi connectivity index (χ1v) is 6.70. The highest BCUT2D eigenvalue weighted by atomic mass is 16.2. The average Bonchev–Trinajstić information content (AvgIpc) is 2.35. The number of benzene rings is 1. The fraction of sp³-hybridized carbons (Fsp3) is 0.533. The first-order valence-electron chi connectivity index (χ1n) is 6.70. The molecule has 2 rings (SSSR count). The number of rotatable bonds is 5. The van der Waals surface area contributed by atoms with Gasteiger partial charge in [-0.05, 0) is 31.9 Å². The Balaban J connectivity index is 2.08. The molecule has 1 amide bonds. The van der Waals surface area contributed by atoms with Gasteiger partial charge in [-0.25, -0.2) is 0 Å². The van der Waals surface area contributed by atoms with Crippen molar-refractivity contribution in [3.63, 3.8) is 0 Å². The molecule has 1 atom stereocenters. The number of amides is 1. The predicted octanol–water partition coefficient (Wildman–Crippen LogP) is 2.04. The molecule has 3 heteroatoms. The summed E-state index contributed by atoms with van der Waals surface area (Å²) in [4.78, 5) is 12.2. The molecule has 1 unspecified atom stereocenters. The normalized spacial score (nSPS) is 18.8. The number of hydrogen-bond donors (Lipinski definition) is 2. The summed E-state index contributed by atoms with van der Waals surface area (Å²) in [7, 11) is 1.88. The van der Waals surface area contributed by atoms with E-state index in [1.165, 1.54) is 12.0 Å². The molecule has 1 saturated carbocycles. The topological polar surface area (TPSA) is 41.1 Å². The van der Waals surface area contributed by atoms with Crippen LogP contribution in [0.1, 0.15) is 31.7 Å². The van der Waals surface area contributed by atoms with Crippen LogP contribution in [0.4, 0.5) is 0 Å². The molecule has 0 bridgehead atoms. The third kappa shape index (κ3) is 2.56. The van der Waals surface area contributed by atoms with Gasteiger partial charge in [-0.3, -0.25) is 4.79 Å². The zero-order valence-corrected chi connectivity index (χ0v) is 11.2. The van der Waals surface area contributed by atoms with Crippen molar-refractivity contribution in [2.45, 2.75) is 31.7 Å². The van der Waals surface area contributed by atoms with E-state index >= 15 is 0 Å². The SMILES string of the molecule is CNCC(C)C(=O)NC1(c2ccccc2)CCC1. The van der Waals surface area contributed by atoms with E-state index in [0.29, 0.717) is 0 Å². The van der Waals surface area contributed by atoms with Crippen molar-refractivity contribution in [2.24, 2.45) is 5.92 Å². The monoisotopic (exact) mass is 246 g/mol. The Kier molecular flexibility index (Phi) is 4.02. The lowest BCUT2D eigenvalue weighted by atomic mass is 9.71. The van der Waals surface area contributed by atoms with Crippen molar-refractivity contribution in [3.05, 3.63) is 35.9 Å². The van der Waals surface area contributed by atoms with Gasteiger partial charge in [0.1, 0.15) is 0 Å². The van der Waals surface area contributed by atoms with Crippen LogP contribution in [0.15, 0.2) is 30.3 Å². The van der Waals surface area contributed by atoms with E-state index in [-0.39, 0.29) is 17.4 Å². The van der Waals surface area contributed by atoms with Crippen molar-refractivity contribution in [3.8, 4) is 0 Å². The van der Waals surface area contributed by atoms with Crippen molar-refractivity contribution >= 4 is 5.91 Å². The van der Waals surface area contributed by atoms with E-state index in [2.05, 4.69) is 22.8 Å². The molecule has 1 aliphatic carbocycles. The maximum absolute atomic E-state index is 12.2. The second-order valence-corrected chi connectivity index (χ2v) is 5.25. The van der Waals surface area contributed by atoms with Gasteiger partial charge in [-0.15, -0.1) is 0 Å². The van der Waals surface area contributed by atoms with E-state index in [1.807, 2.05) is 32.2 Å². The Morgan fingerprint density at radius 3 is 2.50 bits per heavy atom. The largest absolute Gasteiger partial charge is 0.346 e. The van der Waals surface area contributed by atoms with Crippen LogP contribution < -0.4 is 10.6 Å². The van der Waals surface area contributed by atoms with Crippen molar-refractivity contribution in [1.82, 2.24) is 10.6 Å². The molecular formula is C15H22N2O. The molecule has 1 aliphatic rings. The van der Waals surface area contributed by atoms with Gasteiger partial charge in [-0.2, -0.15) is 0 Å². The highest BCUT2D eigenvalue weighted by Crippen LogP contribution is 2.41. The third-order valence-electron chi connectivity index (χ3n) is 3.85. The van der Waals surface area contributed by atoms with Gasteiger partial charge in [0.15, 0.2) is 0 Å². The van der Waals surface area contributed by atoms with E-state index in [0.717, 1.165) is 19.4 Å². The van der Waals surface area contributed by atoms with Crippen LogP contribution >= 0.6 is 0 Å². The van der Waals surface area contributed by atoms with E-state index < -0.39 is 0 Å². The zero-order valence-electron chi connectivity index (χ0n) is 11.2. The summed E-state index contributed by atoms with van der Waals surface area (Å²) in [6, 6.07) is 10.3. The Hall–Kier alpha value is -1.35. The predicted molar refractivity (Wildman–Crippen MR) is 73.2 cm³/mol. The Bertz CT molecular complexity index is 398. The molecule has 0 aromatic heterocycles. The van der Waals surface area contributed by atoms with Gasteiger partial charge >= 0.3 is 0 Å². The van der Waals surface area contributed by atoms with Gasteiger partial charge < -0.3 is 10.6 Å². The molecule has 1 aromatic carbocycles. The van der Waals surface area contributed by atoms with Crippen LogP contribution in [0.5, 0.6) is 0 Å². The summed E-state index contributed by atoms with van der Waals surface area (Å²) in [6.07, 6.45) is 3.29. The number of hydrogen-bond acceptors (Lipinski definition) is 2. The molecule has 0 aliphatic heterocycles. The van der Waals surface area contributed by atoms with Crippen LogP contribution in [-0.2, 0) is 10.3 Å². The van der Waals surface area contributed by atoms with Gasteiger partial charge in [0, 0.05) is 12.5 Å². The lowest BCUT2D eigenvalue weighted by Gasteiger charge is -2.43. The Morgan fingerprint density at radius 2 is 2.00 bits per heavy atom. The van der Waals surface area contributed by atoms with Crippen molar-refractivity contribution < 1.29 is 4.79 Å². The lowest BCUT2D eigenvalue weighted by molar-refractivity contribution is -0.127. The summed E-state index contributed by atoms with van der Waals surface area (Å²) in [6.45, 7) is 2.68. The highest BCUT2D eigenvalue weighted by molar-refractivity contribution is 5.79. The minimum atomic E-state index is -0.111. The Labute approximate surface area is 109 Å². The fourth-order valence-corrected chi connectivity index (χ4v) is 2.53. The summed E-state index contributed by atoms with van der Waals surface area (Å²) in [5.74, 6) is 0.157. The minimum absolute atomic E-state index is 0.0104. The molecule has 18 heavy (non-hydrogen) atoms. The number of carbonyl (C=O) groups excluding carboxylic acids is 1. The van der Waals surface area contributed by atoms with Crippen LogP contribution in [0.3, 0.4) is 0 Å². The molecule has 0 radical (unpaired) electrons. The van der Waals surface area contributed by atoms with Gasteiger partial charge in [0.2, 0.25) is 5.91 Å². The first kappa shape index (κ1) is 13.1. The fourth-order valence-electron chi connectivity index (χ4n) is 2.53. The van der Waals surface area contributed by atoms with Crippen LogP contribution in [0, 0.1) is 5.92 Å². The minimum Gasteiger partial charge on any atom is -0.346 e. The molecule has 3 nitrogen and oxygen atoms in total.